The van der Waals surface area contributed by atoms with Crippen LogP contribution in [-0.4, -0.2) is 32.1 Å². The number of esters is 2. The van der Waals surface area contributed by atoms with Crippen molar-refractivity contribution in [2.75, 3.05) is 19.1 Å². The lowest BCUT2D eigenvalue weighted by Crippen LogP contribution is -2.41. The molecule has 0 radical (unpaired) electrons. The van der Waals surface area contributed by atoms with Crippen LogP contribution >= 0.6 is 11.6 Å². The smallest absolute Gasteiger partial charge is 0.355 e. The van der Waals surface area contributed by atoms with Gasteiger partial charge < -0.3 is 20.5 Å². The first-order chi connectivity index (χ1) is 16.7. The maximum absolute atomic E-state index is 13.1. The summed E-state index contributed by atoms with van der Waals surface area (Å²) in [5.41, 5.74) is 7.63. The Bertz CT molecular complexity index is 1280. The van der Waals surface area contributed by atoms with Crippen molar-refractivity contribution in [2.45, 2.75) is 19.4 Å². The third-order valence-corrected chi connectivity index (χ3v) is 5.71. The predicted octanol–water partition coefficient (Wildman–Crippen LogP) is 2.87. The van der Waals surface area contributed by atoms with Gasteiger partial charge in [0.15, 0.2) is 0 Å². The minimum Gasteiger partial charge on any atom is -0.466 e. The van der Waals surface area contributed by atoms with Gasteiger partial charge in [0.05, 0.1) is 48.1 Å². The third kappa shape index (κ3) is 4.98. The molecule has 0 saturated heterocycles. The average Bonchev–Trinajstić information content (AvgIpc) is 2.86. The number of halogens is 1. The molecule has 0 fully saturated rings. The summed E-state index contributed by atoms with van der Waals surface area (Å²) >= 11 is 6.56. The zero-order chi connectivity index (χ0) is 25.7. The third-order valence-electron chi connectivity index (χ3n) is 5.40. The maximum atomic E-state index is 13.1. The lowest BCUT2D eigenvalue weighted by molar-refractivity contribution is -0.139. The summed E-state index contributed by atoms with van der Waals surface area (Å²) in [5, 5.41) is 12.9. The second-order valence-corrected chi connectivity index (χ2v) is 7.94. The van der Waals surface area contributed by atoms with Gasteiger partial charge in [0.2, 0.25) is 5.91 Å². The molecule has 1 atom stereocenters. The van der Waals surface area contributed by atoms with Gasteiger partial charge in [-0.3, -0.25) is 9.69 Å². The number of carbonyl (C=O) groups is 3. The van der Waals surface area contributed by atoms with Crippen molar-refractivity contribution < 1.29 is 23.9 Å². The van der Waals surface area contributed by atoms with Gasteiger partial charge in [0, 0.05) is 13.5 Å². The van der Waals surface area contributed by atoms with E-state index in [0.717, 1.165) is 7.11 Å². The number of ether oxygens (including phenoxy) is 2. The van der Waals surface area contributed by atoms with Gasteiger partial charge in [-0.2, -0.15) is 5.26 Å². The van der Waals surface area contributed by atoms with E-state index in [1.807, 2.05) is 0 Å². The molecule has 2 aromatic carbocycles. The number of methoxy groups -OCH3 is 2. The molecule has 0 bridgehead atoms. The number of allylic oxidation sites excluding steroid dienone is 1. The quantitative estimate of drug-likeness (QED) is 0.585. The molecule has 0 aliphatic carbocycles. The Labute approximate surface area is 207 Å². The van der Waals surface area contributed by atoms with E-state index >= 15 is 0 Å². The van der Waals surface area contributed by atoms with Crippen molar-refractivity contribution in [1.82, 2.24) is 5.32 Å². The molecule has 1 amide bonds. The fourth-order valence-electron chi connectivity index (χ4n) is 3.83. The highest BCUT2D eigenvalue weighted by atomic mass is 35.5. The van der Waals surface area contributed by atoms with Crippen LogP contribution in [0.15, 0.2) is 71.2 Å². The molecule has 10 heteroatoms. The van der Waals surface area contributed by atoms with Crippen LogP contribution in [-0.2, 0) is 30.4 Å². The lowest BCUT2D eigenvalue weighted by atomic mass is 9.81. The molecule has 35 heavy (non-hydrogen) atoms. The second-order valence-electron chi connectivity index (χ2n) is 7.53. The van der Waals surface area contributed by atoms with E-state index in [1.54, 1.807) is 48.5 Å². The van der Waals surface area contributed by atoms with Gasteiger partial charge in [0.25, 0.3) is 0 Å². The first kappa shape index (κ1) is 25.3. The normalized spacial score (nSPS) is 15.4. The van der Waals surface area contributed by atoms with Crippen LogP contribution < -0.4 is 16.0 Å². The number of anilines is 1. The minimum absolute atomic E-state index is 0.0302. The Hall–Kier alpha value is -4.29. The van der Waals surface area contributed by atoms with Gasteiger partial charge in [-0.15, -0.1) is 0 Å². The predicted molar refractivity (Wildman–Crippen MR) is 129 cm³/mol. The summed E-state index contributed by atoms with van der Waals surface area (Å²) in [6, 6.07) is 15.6. The van der Waals surface area contributed by atoms with E-state index in [9.17, 15) is 19.6 Å². The van der Waals surface area contributed by atoms with Crippen LogP contribution in [0.4, 0.5) is 5.69 Å². The molecule has 1 aliphatic heterocycles. The topological polar surface area (TPSA) is 135 Å². The van der Waals surface area contributed by atoms with E-state index in [4.69, 9.17) is 26.8 Å². The molecular formula is C25H23ClN4O5. The number of hydrogen-bond acceptors (Lipinski definition) is 8. The van der Waals surface area contributed by atoms with Crippen molar-refractivity contribution in [1.29, 1.82) is 5.26 Å². The van der Waals surface area contributed by atoms with Gasteiger partial charge in [-0.25, -0.2) is 9.59 Å². The molecular weight excluding hydrogens is 472 g/mol. The number of hydrogen-bond donors (Lipinski definition) is 2. The van der Waals surface area contributed by atoms with E-state index in [-0.39, 0.29) is 45.8 Å². The molecule has 3 rings (SSSR count). The van der Waals surface area contributed by atoms with Gasteiger partial charge in [0.1, 0.15) is 11.5 Å². The largest absolute Gasteiger partial charge is 0.466 e. The van der Waals surface area contributed by atoms with Crippen molar-refractivity contribution in [3.8, 4) is 6.07 Å². The molecule has 0 aromatic heterocycles. The molecule has 2 aromatic rings. The first-order valence-corrected chi connectivity index (χ1v) is 10.8. The molecule has 1 heterocycles. The van der Waals surface area contributed by atoms with Crippen LogP contribution in [0.25, 0.3) is 0 Å². The number of amides is 1. The maximum Gasteiger partial charge on any atom is 0.355 e. The summed E-state index contributed by atoms with van der Waals surface area (Å²) in [6.07, 6.45) is 0. The van der Waals surface area contributed by atoms with E-state index in [1.165, 1.54) is 18.9 Å². The summed E-state index contributed by atoms with van der Waals surface area (Å²) in [4.78, 5) is 38.6. The second kappa shape index (κ2) is 10.8. The fourth-order valence-corrected chi connectivity index (χ4v) is 4.12. The fraction of sp³-hybridized carbons (Fsp3) is 0.200. The van der Waals surface area contributed by atoms with Crippen molar-refractivity contribution in [3.05, 3.63) is 87.3 Å². The minimum atomic E-state index is -0.975. The highest BCUT2D eigenvalue weighted by molar-refractivity contribution is 6.33. The molecule has 3 N–H and O–H groups in total. The SMILES string of the molecule is COC(=O)C1=C(C(=O)OC)N(c2ccc(CNC(C)=O)cc2Cl)C(N)=C(C#N)C1c1ccccc1. The highest BCUT2D eigenvalue weighted by Gasteiger charge is 2.43. The lowest BCUT2D eigenvalue weighted by Gasteiger charge is -2.36. The summed E-state index contributed by atoms with van der Waals surface area (Å²) in [5.74, 6) is -2.98. The zero-order valence-electron chi connectivity index (χ0n) is 19.3. The molecule has 1 unspecified atom stereocenters. The van der Waals surface area contributed by atoms with Crippen molar-refractivity contribution in [2.24, 2.45) is 5.73 Å². The van der Waals surface area contributed by atoms with E-state index in [0.29, 0.717) is 11.1 Å². The van der Waals surface area contributed by atoms with Gasteiger partial charge >= 0.3 is 11.9 Å². The number of nitrogens with two attached hydrogens (primary N) is 1. The van der Waals surface area contributed by atoms with Crippen molar-refractivity contribution in [3.63, 3.8) is 0 Å². The number of rotatable bonds is 6. The number of nitrogens with one attached hydrogen (secondary N) is 1. The van der Waals surface area contributed by atoms with Crippen LogP contribution in [0.3, 0.4) is 0 Å². The van der Waals surface area contributed by atoms with Gasteiger partial charge in [-0.05, 0) is 23.3 Å². The Balaban J connectivity index is 2.31. The molecule has 180 valence electrons. The number of nitrogens with zero attached hydrogens (tertiary/aromatic N) is 2. The number of benzene rings is 2. The standard InChI is InChI=1S/C25H23ClN4O5/c1-14(31)29-13-15-9-10-19(18(26)11-15)30-22(25(33)35-3)21(24(32)34-2)20(17(12-27)23(30)28)16-7-5-4-6-8-16/h4-11,20H,13,28H2,1-3H3,(H,29,31). The summed E-state index contributed by atoms with van der Waals surface area (Å²) < 4.78 is 10.0. The number of nitriles is 1. The molecule has 9 nitrogen and oxygen atoms in total. The average molecular weight is 495 g/mol. The highest BCUT2D eigenvalue weighted by Crippen LogP contribution is 2.44. The van der Waals surface area contributed by atoms with E-state index in [2.05, 4.69) is 11.4 Å². The zero-order valence-corrected chi connectivity index (χ0v) is 20.1. The van der Waals surface area contributed by atoms with E-state index < -0.39 is 17.9 Å². The Morgan fingerprint density at radius 2 is 1.77 bits per heavy atom. The molecule has 0 spiro atoms. The van der Waals surface area contributed by atoms with Crippen LogP contribution in [0.5, 0.6) is 0 Å². The first-order valence-electron chi connectivity index (χ1n) is 10.4. The molecule has 0 saturated carbocycles. The monoisotopic (exact) mass is 494 g/mol. The molecule has 1 aliphatic rings. The Kier molecular flexibility index (Phi) is 7.79. The van der Waals surface area contributed by atoms with Gasteiger partial charge in [-0.1, -0.05) is 48.0 Å². The van der Waals surface area contributed by atoms with Crippen LogP contribution in [0.1, 0.15) is 24.0 Å². The number of carbonyl (C=O) groups excluding carboxylic acids is 3. The summed E-state index contributed by atoms with van der Waals surface area (Å²) in [6.45, 7) is 1.62. The summed E-state index contributed by atoms with van der Waals surface area (Å²) in [7, 11) is 2.34. The van der Waals surface area contributed by atoms with Crippen molar-refractivity contribution >= 4 is 35.1 Å². The Morgan fingerprint density at radius 1 is 1.11 bits per heavy atom. The Morgan fingerprint density at radius 3 is 2.31 bits per heavy atom. The van der Waals surface area contributed by atoms with Crippen LogP contribution in [0, 0.1) is 11.3 Å². The van der Waals surface area contributed by atoms with Crippen LogP contribution in [0.2, 0.25) is 5.02 Å².